The summed E-state index contributed by atoms with van der Waals surface area (Å²) in [7, 11) is -8.50. The number of sulfone groups is 1. The molecule has 0 atom stereocenters. The van der Waals surface area contributed by atoms with Crippen molar-refractivity contribution in [2.75, 3.05) is 0 Å². The van der Waals surface area contributed by atoms with Gasteiger partial charge in [0.2, 0.25) is 25.8 Å². The lowest BCUT2D eigenvalue weighted by molar-refractivity contribution is 0.1000. The van der Waals surface area contributed by atoms with Crippen molar-refractivity contribution in [3.8, 4) is 0 Å². The maximum Gasteiger partial charge on any atom is 0.248 e. The quantitative estimate of drug-likeness (QED) is 0.763. The van der Waals surface area contributed by atoms with Gasteiger partial charge < -0.3 is 5.73 Å². The summed E-state index contributed by atoms with van der Waals surface area (Å²) >= 11 is 3.08. The Morgan fingerprint density at radius 1 is 0.913 bits per heavy atom. The van der Waals surface area contributed by atoms with Crippen LogP contribution in [0.4, 0.5) is 0 Å². The minimum absolute atomic E-state index is 0.0279. The third-order valence-electron chi connectivity index (χ3n) is 2.95. The molecule has 0 aliphatic rings. The van der Waals surface area contributed by atoms with Gasteiger partial charge in [-0.1, -0.05) is 12.1 Å². The van der Waals surface area contributed by atoms with Gasteiger partial charge in [0, 0.05) is 10.0 Å². The molecule has 0 spiro atoms. The predicted octanol–water partition coefficient (Wildman–Crippen LogP) is 1.03. The van der Waals surface area contributed by atoms with Crippen molar-refractivity contribution in [2.45, 2.75) is 14.7 Å². The molecule has 7 nitrogen and oxygen atoms in total. The number of primary amides is 1. The Kier molecular flexibility index (Phi) is 4.62. The molecule has 0 fully saturated rings. The summed E-state index contributed by atoms with van der Waals surface area (Å²) in [6.07, 6.45) is 0. The number of amides is 1. The fourth-order valence-electron chi connectivity index (χ4n) is 1.89. The Morgan fingerprint density at radius 3 is 2.00 bits per heavy atom. The van der Waals surface area contributed by atoms with Crippen LogP contribution in [0.5, 0.6) is 0 Å². The van der Waals surface area contributed by atoms with Crippen molar-refractivity contribution >= 4 is 41.7 Å². The predicted molar refractivity (Wildman–Crippen MR) is 85.9 cm³/mol. The first kappa shape index (κ1) is 17.6. The van der Waals surface area contributed by atoms with Gasteiger partial charge in [-0.15, -0.1) is 0 Å². The van der Waals surface area contributed by atoms with Crippen LogP contribution in [-0.2, 0) is 19.9 Å². The maximum atomic E-state index is 12.8. The van der Waals surface area contributed by atoms with Crippen LogP contribution in [-0.4, -0.2) is 22.7 Å². The lowest BCUT2D eigenvalue weighted by Gasteiger charge is -2.11. The summed E-state index contributed by atoms with van der Waals surface area (Å²) in [4.78, 5) is 9.95. The number of nitrogens with two attached hydrogens (primary N) is 2. The molecule has 0 heterocycles. The first-order valence-corrected chi connectivity index (χ1v) is 9.83. The fraction of sp³-hybridized carbons (Fsp3) is 0. The molecular weight excluding hydrogens is 408 g/mol. The molecule has 2 aromatic carbocycles. The summed E-state index contributed by atoms with van der Waals surface area (Å²) < 4.78 is 49.0. The van der Waals surface area contributed by atoms with Crippen LogP contribution in [0.1, 0.15) is 10.4 Å². The van der Waals surface area contributed by atoms with Gasteiger partial charge in [0.05, 0.1) is 9.79 Å². The van der Waals surface area contributed by atoms with Gasteiger partial charge in [-0.25, -0.2) is 22.0 Å². The van der Waals surface area contributed by atoms with E-state index in [-0.39, 0.29) is 14.9 Å². The Balaban J connectivity index is 2.80. The number of halogens is 1. The van der Waals surface area contributed by atoms with Crippen LogP contribution in [0.15, 0.2) is 61.6 Å². The SMILES string of the molecule is NC(=O)c1ccc(Br)c(S(=O)(=O)c2ccccc2S(N)(=O)=O)c1. The second kappa shape index (κ2) is 6.04. The summed E-state index contributed by atoms with van der Waals surface area (Å²) in [5, 5.41) is 5.07. The Morgan fingerprint density at radius 2 is 1.48 bits per heavy atom. The molecule has 122 valence electrons. The first-order valence-electron chi connectivity index (χ1n) is 6.01. The van der Waals surface area contributed by atoms with Gasteiger partial charge in [-0.3, -0.25) is 4.79 Å². The average Bonchev–Trinajstić information content (AvgIpc) is 2.46. The van der Waals surface area contributed by atoms with Crippen molar-refractivity contribution in [3.05, 3.63) is 52.5 Å². The van der Waals surface area contributed by atoms with Gasteiger partial charge in [0.1, 0.15) is 4.90 Å². The molecule has 0 saturated heterocycles. The number of hydrogen-bond acceptors (Lipinski definition) is 5. The number of benzene rings is 2. The van der Waals surface area contributed by atoms with Crippen LogP contribution in [0.3, 0.4) is 0 Å². The lowest BCUT2D eigenvalue weighted by Crippen LogP contribution is -2.17. The average molecular weight is 419 g/mol. The number of rotatable bonds is 4. The van der Waals surface area contributed by atoms with E-state index in [4.69, 9.17) is 10.9 Å². The van der Waals surface area contributed by atoms with Crippen molar-refractivity contribution in [1.82, 2.24) is 0 Å². The number of carbonyl (C=O) groups is 1. The zero-order valence-corrected chi connectivity index (χ0v) is 14.7. The molecule has 0 bridgehead atoms. The lowest BCUT2D eigenvalue weighted by atomic mass is 10.2. The molecule has 0 aliphatic heterocycles. The maximum absolute atomic E-state index is 12.8. The van der Waals surface area contributed by atoms with Crippen LogP contribution in [0, 0.1) is 0 Å². The minimum Gasteiger partial charge on any atom is -0.366 e. The molecule has 0 unspecified atom stereocenters. The van der Waals surface area contributed by atoms with Gasteiger partial charge >= 0.3 is 0 Å². The van der Waals surface area contributed by atoms with E-state index in [1.807, 2.05) is 0 Å². The van der Waals surface area contributed by atoms with Crippen LogP contribution in [0.2, 0.25) is 0 Å². The van der Waals surface area contributed by atoms with Gasteiger partial charge in [0.25, 0.3) is 0 Å². The van der Waals surface area contributed by atoms with Gasteiger partial charge in [0.15, 0.2) is 0 Å². The largest absolute Gasteiger partial charge is 0.366 e. The third-order valence-corrected chi connectivity index (χ3v) is 6.85. The van der Waals surface area contributed by atoms with E-state index in [2.05, 4.69) is 15.9 Å². The van der Waals surface area contributed by atoms with Crippen molar-refractivity contribution in [3.63, 3.8) is 0 Å². The van der Waals surface area contributed by atoms with Gasteiger partial charge in [-0.2, -0.15) is 0 Å². The van der Waals surface area contributed by atoms with E-state index in [1.54, 1.807) is 0 Å². The summed E-state index contributed by atoms with van der Waals surface area (Å²) in [5.74, 6) is -0.811. The molecule has 23 heavy (non-hydrogen) atoms. The Bertz CT molecular complexity index is 1000. The van der Waals surface area contributed by atoms with E-state index in [1.165, 1.54) is 24.3 Å². The molecule has 1 amide bonds. The van der Waals surface area contributed by atoms with E-state index < -0.39 is 35.6 Å². The Labute approximate surface area is 141 Å². The third kappa shape index (κ3) is 3.44. The first-order chi connectivity index (χ1) is 10.5. The van der Waals surface area contributed by atoms with E-state index in [9.17, 15) is 21.6 Å². The molecule has 0 aromatic heterocycles. The topological polar surface area (TPSA) is 137 Å². The van der Waals surface area contributed by atoms with Crippen LogP contribution >= 0.6 is 15.9 Å². The minimum atomic E-state index is -4.25. The number of carbonyl (C=O) groups excluding carboxylic acids is 1. The molecule has 10 heteroatoms. The zero-order chi connectivity index (χ0) is 17.4. The number of primary sulfonamides is 1. The van der Waals surface area contributed by atoms with Crippen molar-refractivity contribution in [1.29, 1.82) is 0 Å². The molecule has 0 saturated carbocycles. The fourth-order valence-corrected chi connectivity index (χ4v) is 5.50. The molecule has 4 N–H and O–H groups in total. The van der Waals surface area contributed by atoms with Crippen molar-refractivity contribution < 1.29 is 21.6 Å². The highest BCUT2D eigenvalue weighted by atomic mass is 79.9. The highest BCUT2D eigenvalue weighted by Gasteiger charge is 2.28. The molecule has 0 aliphatic carbocycles. The second-order valence-corrected chi connectivity index (χ2v) is 8.78. The van der Waals surface area contributed by atoms with E-state index >= 15 is 0 Å². The highest BCUT2D eigenvalue weighted by Crippen LogP contribution is 2.31. The summed E-state index contributed by atoms with van der Waals surface area (Å²) in [6.45, 7) is 0. The molecule has 2 aromatic rings. The van der Waals surface area contributed by atoms with Gasteiger partial charge in [-0.05, 0) is 46.3 Å². The number of hydrogen-bond donors (Lipinski definition) is 2. The summed E-state index contributed by atoms with van der Waals surface area (Å²) in [6, 6.07) is 8.69. The molecular formula is C13H11BrN2O5S2. The number of sulfonamides is 1. The smallest absolute Gasteiger partial charge is 0.248 e. The van der Waals surface area contributed by atoms with Crippen LogP contribution in [0.25, 0.3) is 0 Å². The monoisotopic (exact) mass is 418 g/mol. The van der Waals surface area contributed by atoms with E-state index in [0.29, 0.717) is 0 Å². The molecule has 2 rings (SSSR count). The molecule has 0 radical (unpaired) electrons. The van der Waals surface area contributed by atoms with Crippen LogP contribution < -0.4 is 10.9 Å². The van der Waals surface area contributed by atoms with Crippen molar-refractivity contribution in [2.24, 2.45) is 10.9 Å². The Hall–Kier alpha value is -1.75. The second-order valence-electron chi connectivity index (χ2n) is 4.50. The highest BCUT2D eigenvalue weighted by molar-refractivity contribution is 9.10. The standard InChI is InChI=1S/C13H11BrN2O5S2/c14-9-6-5-8(13(15)17)7-12(9)22(18,19)10-3-1-2-4-11(10)23(16,20)21/h1-7H,(H2,15,17)(H2,16,20,21). The van der Waals surface area contributed by atoms with E-state index in [0.717, 1.165) is 18.2 Å². The zero-order valence-electron chi connectivity index (χ0n) is 11.4. The normalized spacial score (nSPS) is 12.1. The summed E-state index contributed by atoms with van der Waals surface area (Å²) in [5.41, 5.74) is 5.12.